The molecule has 0 radical (unpaired) electrons. The monoisotopic (exact) mass is 347 g/mol. The van der Waals surface area contributed by atoms with E-state index in [2.05, 4.69) is 79.1 Å². The van der Waals surface area contributed by atoms with Crippen LogP contribution in [0.25, 0.3) is 0 Å². The average Bonchev–Trinajstić information content (AvgIpc) is 3.35. The highest BCUT2D eigenvalue weighted by atomic mass is 15.4. The molecule has 1 saturated carbocycles. The number of hydrogen-bond donors (Lipinski definition) is 0. The maximum absolute atomic E-state index is 9.21. The molecule has 0 bridgehead atoms. The number of fused-ring (bicyclic) bond motifs is 3. The van der Waals surface area contributed by atoms with Gasteiger partial charge in [-0.05, 0) is 55.9 Å². The molecule has 3 aliphatic rings. The molecule has 1 saturated heterocycles. The second-order valence-corrected chi connectivity index (χ2v) is 8.68. The lowest BCUT2D eigenvalue weighted by molar-refractivity contribution is 0.251. The van der Waals surface area contributed by atoms with E-state index >= 15 is 0 Å². The number of aryl methyl sites for hydroxylation is 1. The molecule has 2 heteroatoms. The van der Waals surface area contributed by atoms with Crippen molar-refractivity contribution in [3.8, 4) is 0 Å². The number of nitrogens with zero attached hydrogens (tertiary/aromatic N) is 2. The average molecular weight is 348 g/mol. The Kier molecular flexibility index (Phi) is 3.36. The summed E-state index contributed by atoms with van der Waals surface area (Å²) in [7, 11) is 0. The predicted octanol–water partition coefficient (Wildman–Crippen LogP) is 5.50. The van der Waals surface area contributed by atoms with Crippen LogP contribution in [0.4, 0.5) is 11.4 Å². The van der Waals surface area contributed by atoms with Crippen LogP contribution in [0.5, 0.6) is 0 Å². The Labute approximate surface area is 159 Å². The van der Waals surface area contributed by atoms with E-state index in [-0.39, 0.29) is 12.1 Å². The van der Waals surface area contributed by atoms with Gasteiger partial charge in [0.1, 0.15) is 0 Å². The predicted molar refractivity (Wildman–Crippen MR) is 110 cm³/mol. The Morgan fingerprint density at radius 3 is 2.35 bits per heavy atom. The van der Waals surface area contributed by atoms with Crippen LogP contribution in [0.3, 0.4) is 0 Å². The number of rotatable bonds is 2. The van der Waals surface area contributed by atoms with Gasteiger partial charge >= 0.3 is 0 Å². The van der Waals surface area contributed by atoms with Gasteiger partial charge in [0.15, 0.2) is 0 Å². The molecule has 4 atom stereocenters. The molecule has 2 nitrogen and oxygen atoms in total. The van der Waals surface area contributed by atoms with Crippen molar-refractivity contribution < 1.29 is 1.37 Å². The van der Waals surface area contributed by atoms with Gasteiger partial charge in [0.05, 0.1) is 14.1 Å². The minimum atomic E-state index is -0.365. The van der Waals surface area contributed by atoms with Crippen LogP contribution in [0, 0.1) is 12.8 Å². The van der Waals surface area contributed by atoms with E-state index < -0.39 is 0 Å². The van der Waals surface area contributed by atoms with Gasteiger partial charge < -0.3 is 9.80 Å². The zero-order chi connectivity index (χ0) is 18.8. The van der Waals surface area contributed by atoms with Gasteiger partial charge in [-0.15, -0.1) is 0 Å². The van der Waals surface area contributed by atoms with Gasteiger partial charge in [-0.1, -0.05) is 56.2 Å². The fourth-order valence-electron chi connectivity index (χ4n) is 6.13. The van der Waals surface area contributed by atoms with Crippen molar-refractivity contribution in [1.82, 2.24) is 0 Å². The first-order chi connectivity index (χ1) is 13.0. The second-order valence-electron chi connectivity index (χ2n) is 8.68. The van der Waals surface area contributed by atoms with Gasteiger partial charge in [0, 0.05) is 22.8 Å². The molecule has 2 fully saturated rings. The number of benzene rings is 2. The van der Waals surface area contributed by atoms with Crippen LogP contribution in [-0.2, 0) is 5.41 Å². The van der Waals surface area contributed by atoms with E-state index in [0.29, 0.717) is 12.1 Å². The van der Waals surface area contributed by atoms with Crippen molar-refractivity contribution in [1.29, 1.82) is 0 Å². The highest BCUT2D eigenvalue weighted by Gasteiger charge is 2.58. The smallest absolute Gasteiger partial charge is 0.0910 e. The molecule has 5 rings (SSSR count). The summed E-state index contributed by atoms with van der Waals surface area (Å²) in [4.78, 5) is 4.77. The minimum absolute atomic E-state index is 0.128. The first-order valence-electron chi connectivity index (χ1n) is 10.8. The molecule has 0 amide bonds. The molecule has 3 unspecified atom stereocenters. The van der Waals surface area contributed by atoms with Gasteiger partial charge in [0.25, 0.3) is 0 Å². The molecule has 0 spiro atoms. The third kappa shape index (κ3) is 2.05. The summed E-state index contributed by atoms with van der Waals surface area (Å²) in [6.07, 6.45) is 5.37. The van der Waals surface area contributed by atoms with Crippen molar-refractivity contribution in [2.45, 2.75) is 64.0 Å². The molecular weight excluding hydrogens is 316 g/mol. The largest absolute Gasteiger partial charge is 0.349 e. The van der Waals surface area contributed by atoms with Crippen molar-refractivity contribution >= 4 is 11.4 Å². The van der Waals surface area contributed by atoms with E-state index in [1.165, 1.54) is 48.2 Å². The van der Waals surface area contributed by atoms with Crippen LogP contribution in [0.2, 0.25) is 0 Å². The standard InChI is InChI=1S/C24H30N2/c1-17-10-4-8-14-21(17)25-16-26-22-15-9-7-13-20(22)24(3,23(26)18(25)2)19-11-5-6-12-19/h4,7-10,13-15,18-19,23H,5-6,11-12,16H2,1-3H3/t18-,23?,24?/m0/s1/i16D/t16?,18-,23?,24?. The van der Waals surface area contributed by atoms with Crippen LogP contribution in [-0.4, -0.2) is 18.7 Å². The zero-order valence-electron chi connectivity index (χ0n) is 17.2. The number of para-hydroxylation sites is 2. The Balaban J connectivity index is 1.66. The maximum atomic E-state index is 9.21. The fraction of sp³-hybridized carbons (Fsp3) is 0.500. The molecule has 0 aromatic heterocycles. The maximum Gasteiger partial charge on any atom is 0.0910 e. The van der Waals surface area contributed by atoms with E-state index in [0.717, 1.165) is 5.92 Å². The summed E-state index contributed by atoms with van der Waals surface area (Å²) in [5.41, 5.74) is 5.38. The van der Waals surface area contributed by atoms with Crippen molar-refractivity contribution in [2.24, 2.45) is 5.92 Å². The van der Waals surface area contributed by atoms with Gasteiger partial charge in [-0.2, -0.15) is 0 Å². The quantitative estimate of drug-likeness (QED) is 0.708. The summed E-state index contributed by atoms with van der Waals surface area (Å²) >= 11 is 0. The van der Waals surface area contributed by atoms with Crippen molar-refractivity contribution in [3.63, 3.8) is 0 Å². The molecule has 2 aromatic carbocycles. The van der Waals surface area contributed by atoms with E-state index in [9.17, 15) is 1.37 Å². The Morgan fingerprint density at radius 1 is 0.962 bits per heavy atom. The van der Waals surface area contributed by atoms with E-state index in [1.54, 1.807) is 0 Å². The lowest BCUT2D eigenvalue weighted by Crippen LogP contribution is -2.49. The minimum Gasteiger partial charge on any atom is -0.349 e. The van der Waals surface area contributed by atoms with Crippen LogP contribution < -0.4 is 9.80 Å². The topological polar surface area (TPSA) is 6.48 Å². The molecule has 2 aliphatic heterocycles. The van der Waals surface area contributed by atoms with Gasteiger partial charge in [-0.25, -0.2) is 0 Å². The summed E-state index contributed by atoms with van der Waals surface area (Å²) in [6, 6.07) is 18.2. The second kappa shape index (κ2) is 5.77. The highest BCUT2D eigenvalue weighted by Crippen LogP contribution is 2.57. The Morgan fingerprint density at radius 2 is 1.62 bits per heavy atom. The van der Waals surface area contributed by atoms with Gasteiger partial charge in [0.2, 0.25) is 0 Å². The summed E-state index contributed by atoms with van der Waals surface area (Å²) in [5, 5.41) is 0. The highest BCUT2D eigenvalue weighted by molar-refractivity contribution is 5.70. The lowest BCUT2D eigenvalue weighted by Gasteiger charge is -2.41. The fourth-order valence-corrected chi connectivity index (χ4v) is 6.13. The Bertz CT molecular complexity index is 859. The molecule has 0 N–H and O–H groups in total. The number of hydrogen-bond acceptors (Lipinski definition) is 2. The third-order valence-corrected chi connectivity index (χ3v) is 7.42. The van der Waals surface area contributed by atoms with Gasteiger partial charge in [-0.3, -0.25) is 0 Å². The van der Waals surface area contributed by atoms with Crippen molar-refractivity contribution in [3.05, 3.63) is 59.7 Å². The van der Waals surface area contributed by atoms with E-state index in [1.807, 2.05) is 0 Å². The van der Waals surface area contributed by atoms with E-state index in [4.69, 9.17) is 0 Å². The number of anilines is 2. The third-order valence-electron chi connectivity index (χ3n) is 7.42. The molecule has 136 valence electrons. The summed E-state index contributed by atoms with van der Waals surface area (Å²) < 4.78 is 9.21. The summed E-state index contributed by atoms with van der Waals surface area (Å²) in [5.74, 6) is 0.722. The molecule has 2 aromatic rings. The zero-order valence-corrected chi connectivity index (χ0v) is 16.2. The van der Waals surface area contributed by atoms with Crippen LogP contribution in [0.1, 0.15) is 52.0 Å². The first-order valence-corrected chi connectivity index (χ1v) is 10.2. The first kappa shape index (κ1) is 15.1. The molecule has 2 heterocycles. The molecular formula is C24H30N2. The summed E-state index contributed by atoms with van der Waals surface area (Å²) in [6.45, 7) is 6.65. The molecule has 1 aliphatic carbocycles. The van der Waals surface area contributed by atoms with Crippen LogP contribution >= 0.6 is 0 Å². The normalized spacial score (nSPS) is 34.1. The van der Waals surface area contributed by atoms with Crippen molar-refractivity contribution in [2.75, 3.05) is 16.4 Å². The lowest BCUT2D eigenvalue weighted by atomic mass is 9.66. The molecule has 26 heavy (non-hydrogen) atoms. The van der Waals surface area contributed by atoms with Crippen LogP contribution in [0.15, 0.2) is 48.5 Å². The SMILES string of the molecule is [2H]C1N2c3ccccc3C(C)(C3CCCC3)C2[C@H](C)N1c1ccccc1C. The Hall–Kier alpha value is -1.96.